The van der Waals surface area contributed by atoms with Crippen molar-refractivity contribution >= 4 is 0 Å². The van der Waals surface area contributed by atoms with Crippen molar-refractivity contribution in [2.75, 3.05) is 26.8 Å². The third-order valence-corrected chi connectivity index (χ3v) is 3.47. The average Bonchev–Trinajstić information content (AvgIpc) is 2.30. The van der Waals surface area contributed by atoms with Gasteiger partial charge in [0.05, 0.1) is 6.61 Å². The topological polar surface area (TPSA) is 24.5 Å². The molecule has 0 aliphatic rings. The second-order valence-corrected chi connectivity index (χ2v) is 5.10. The SMILES string of the molecule is CCC(CC)NCC(C)N(CCOC)C(C)C. The zero-order chi connectivity index (χ0) is 13.3. The van der Waals surface area contributed by atoms with Crippen molar-refractivity contribution in [3.05, 3.63) is 0 Å². The molecule has 0 heterocycles. The molecule has 1 unspecified atom stereocenters. The Bertz CT molecular complexity index is 170. The van der Waals surface area contributed by atoms with E-state index in [1.54, 1.807) is 7.11 Å². The Kier molecular flexibility index (Phi) is 9.79. The molecule has 0 saturated carbocycles. The summed E-state index contributed by atoms with van der Waals surface area (Å²) in [5, 5.41) is 3.65. The zero-order valence-corrected chi connectivity index (χ0v) is 12.6. The van der Waals surface area contributed by atoms with Gasteiger partial charge in [0.15, 0.2) is 0 Å². The fraction of sp³-hybridized carbons (Fsp3) is 1.00. The van der Waals surface area contributed by atoms with Crippen LogP contribution in [0.2, 0.25) is 0 Å². The minimum Gasteiger partial charge on any atom is -0.383 e. The lowest BCUT2D eigenvalue weighted by molar-refractivity contribution is 0.0997. The maximum Gasteiger partial charge on any atom is 0.0589 e. The molecule has 0 aliphatic carbocycles. The molecule has 3 nitrogen and oxygen atoms in total. The molecular formula is C14H32N2O. The van der Waals surface area contributed by atoms with Crippen LogP contribution in [-0.4, -0.2) is 49.8 Å². The van der Waals surface area contributed by atoms with Gasteiger partial charge in [-0.1, -0.05) is 13.8 Å². The van der Waals surface area contributed by atoms with E-state index in [9.17, 15) is 0 Å². The van der Waals surface area contributed by atoms with Crippen molar-refractivity contribution in [2.45, 2.75) is 65.6 Å². The maximum absolute atomic E-state index is 5.18. The van der Waals surface area contributed by atoms with Crippen LogP contribution in [-0.2, 0) is 4.74 Å². The smallest absolute Gasteiger partial charge is 0.0589 e. The average molecular weight is 244 g/mol. The summed E-state index contributed by atoms with van der Waals surface area (Å²) in [7, 11) is 1.77. The van der Waals surface area contributed by atoms with Gasteiger partial charge in [-0.2, -0.15) is 0 Å². The van der Waals surface area contributed by atoms with Gasteiger partial charge in [-0.25, -0.2) is 0 Å². The van der Waals surface area contributed by atoms with Crippen molar-refractivity contribution in [3.63, 3.8) is 0 Å². The summed E-state index contributed by atoms with van der Waals surface area (Å²) in [6, 6.07) is 1.79. The number of rotatable bonds is 10. The molecule has 17 heavy (non-hydrogen) atoms. The Balaban J connectivity index is 4.08. The number of methoxy groups -OCH3 is 1. The minimum absolute atomic E-state index is 0.561. The van der Waals surface area contributed by atoms with Crippen LogP contribution in [0.1, 0.15) is 47.5 Å². The summed E-state index contributed by atoms with van der Waals surface area (Å²) >= 11 is 0. The predicted molar refractivity (Wildman–Crippen MR) is 75.6 cm³/mol. The molecule has 0 fully saturated rings. The number of ether oxygens (including phenoxy) is 1. The second kappa shape index (κ2) is 9.86. The Hall–Kier alpha value is -0.120. The van der Waals surface area contributed by atoms with E-state index in [1.807, 2.05) is 0 Å². The van der Waals surface area contributed by atoms with Crippen LogP contribution < -0.4 is 5.32 Å². The Morgan fingerprint density at radius 1 is 1.12 bits per heavy atom. The molecule has 0 aromatic heterocycles. The van der Waals surface area contributed by atoms with E-state index in [1.165, 1.54) is 12.8 Å². The number of hydrogen-bond acceptors (Lipinski definition) is 3. The lowest BCUT2D eigenvalue weighted by Gasteiger charge is -2.33. The predicted octanol–water partition coefficient (Wildman–Crippen LogP) is 2.51. The van der Waals surface area contributed by atoms with Gasteiger partial charge in [0.25, 0.3) is 0 Å². The molecule has 1 atom stereocenters. The first-order valence-corrected chi connectivity index (χ1v) is 7.04. The van der Waals surface area contributed by atoms with Gasteiger partial charge in [-0.3, -0.25) is 4.90 Å². The summed E-state index contributed by atoms with van der Waals surface area (Å²) < 4.78 is 5.18. The first kappa shape index (κ1) is 16.9. The number of nitrogens with zero attached hydrogens (tertiary/aromatic N) is 1. The third kappa shape index (κ3) is 7.02. The fourth-order valence-electron chi connectivity index (χ4n) is 2.22. The van der Waals surface area contributed by atoms with Gasteiger partial charge < -0.3 is 10.1 Å². The van der Waals surface area contributed by atoms with E-state index in [0.717, 1.165) is 19.7 Å². The molecule has 0 aromatic carbocycles. The molecule has 0 aromatic rings. The monoisotopic (exact) mass is 244 g/mol. The van der Waals surface area contributed by atoms with E-state index in [4.69, 9.17) is 4.74 Å². The number of hydrogen-bond donors (Lipinski definition) is 1. The van der Waals surface area contributed by atoms with E-state index >= 15 is 0 Å². The molecule has 1 N–H and O–H groups in total. The largest absolute Gasteiger partial charge is 0.383 e. The highest BCUT2D eigenvalue weighted by Gasteiger charge is 2.17. The minimum atomic E-state index is 0.561. The molecule has 0 bridgehead atoms. The molecule has 0 saturated heterocycles. The quantitative estimate of drug-likeness (QED) is 0.639. The van der Waals surface area contributed by atoms with Gasteiger partial charge in [0, 0.05) is 38.3 Å². The van der Waals surface area contributed by atoms with E-state index in [-0.39, 0.29) is 0 Å². The summed E-state index contributed by atoms with van der Waals surface area (Å²) in [4.78, 5) is 2.50. The molecule has 104 valence electrons. The third-order valence-electron chi connectivity index (χ3n) is 3.47. The molecule has 3 heteroatoms. The fourth-order valence-corrected chi connectivity index (χ4v) is 2.22. The van der Waals surface area contributed by atoms with Crippen LogP contribution in [0.3, 0.4) is 0 Å². The first-order chi connectivity index (χ1) is 8.06. The highest BCUT2D eigenvalue weighted by atomic mass is 16.5. The normalized spacial score (nSPS) is 13.9. The van der Waals surface area contributed by atoms with Gasteiger partial charge >= 0.3 is 0 Å². The van der Waals surface area contributed by atoms with Gasteiger partial charge in [-0.05, 0) is 33.6 Å². The van der Waals surface area contributed by atoms with Gasteiger partial charge in [0.1, 0.15) is 0 Å². The lowest BCUT2D eigenvalue weighted by Crippen LogP contribution is -2.47. The van der Waals surface area contributed by atoms with E-state index in [0.29, 0.717) is 18.1 Å². The van der Waals surface area contributed by atoms with E-state index in [2.05, 4.69) is 44.8 Å². The van der Waals surface area contributed by atoms with Crippen molar-refractivity contribution in [1.29, 1.82) is 0 Å². The summed E-state index contributed by atoms with van der Waals surface area (Å²) in [5.41, 5.74) is 0. The van der Waals surface area contributed by atoms with Crippen LogP contribution >= 0.6 is 0 Å². The molecule has 0 amide bonds. The molecule has 0 radical (unpaired) electrons. The van der Waals surface area contributed by atoms with Gasteiger partial charge in [-0.15, -0.1) is 0 Å². The van der Waals surface area contributed by atoms with Crippen LogP contribution in [0.25, 0.3) is 0 Å². The maximum atomic E-state index is 5.18. The van der Waals surface area contributed by atoms with Crippen LogP contribution in [0.5, 0.6) is 0 Å². The first-order valence-electron chi connectivity index (χ1n) is 7.04. The second-order valence-electron chi connectivity index (χ2n) is 5.10. The van der Waals surface area contributed by atoms with Crippen molar-refractivity contribution < 1.29 is 4.74 Å². The molecule has 0 aliphatic heterocycles. The summed E-state index contributed by atoms with van der Waals surface area (Å²) in [6.07, 6.45) is 2.42. The van der Waals surface area contributed by atoms with Crippen LogP contribution in [0.15, 0.2) is 0 Å². The highest BCUT2D eigenvalue weighted by Crippen LogP contribution is 2.05. The summed E-state index contributed by atoms with van der Waals surface area (Å²) in [6.45, 7) is 14.2. The molecular weight excluding hydrogens is 212 g/mol. The van der Waals surface area contributed by atoms with Crippen molar-refractivity contribution in [2.24, 2.45) is 0 Å². The molecule has 0 rings (SSSR count). The van der Waals surface area contributed by atoms with Crippen LogP contribution in [0.4, 0.5) is 0 Å². The summed E-state index contributed by atoms with van der Waals surface area (Å²) in [5.74, 6) is 0. The zero-order valence-electron chi connectivity index (χ0n) is 12.6. The van der Waals surface area contributed by atoms with Crippen molar-refractivity contribution in [1.82, 2.24) is 10.2 Å². The Morgan fingerprint density at radius 2 is 1.71 bits per heavy atom. The highest BCUT2D eigenvalue weighted by molar-refractivity contribution is 4.75. The van der Waals surface area contributed by atoms with Gasteiger partial charge in [0.2, 0.25) is 0 Å². The lowest BCUT2D eigenvalue weighted by atomic mass is 10.1. The number of nitrogens with one attached hydrogen (secondary N) is 1. The standard InChI is InChI=1S/C14H32N2O/c1-7-14(8-2)15-11-13(5)16(12(3)4)9-10-17-6/h12-15H,7-11H2,1-6H3. The molecule has 0 spiro atoms. The van der Waals surface area contributed by atoms with Crippen LogP contribution in [0, 0.1) is 0 Å². The van der Waals surface area contributed by atoms with Crippen molar-refractivity contribution in [3.8, 4) is 0 Å². The Morgan fingerprint density at radius 3 is 2.12 bits per heavy atom. The van der Waals surface area contributed by atoms with E-state index < -0.39 is 0 Å². The Labute approximate surface area is 108 Å².